The first kappa shape index (κ1) is 13.7. The van der Waals surface area contributed by atoms with Crippen molar-refractivity contribution in [1.29, 1.82) is 0 Å². The number of aromatic nitrogens is 2. The third-order valence-electron chi connectivity index (χ3n) is 2.28. The summed E-state index contributed by atoms with van der Waals surface area (Å²) in [6.45, 7) is 2.78. The van der Waals surface area contributed by atoms with E-state index in [-0.39, 0.29) is 5.97 Å². The first-order chi connectivity index (χ1) is 8.26. The van der Waals surface area contributed by atoms with E-state index < -0.39 is 0 Å². The lowest BCUT2D eigenvalue weighted by atomic mass is 10.4. The molecule has 0 bridgehead atoms. The summed E-state index contributed by atoms with van der Waals surface area (Å²) < 4.78 is 11.4. The summed E-state index contributed by atoms with van der Waals surface area (Å²) in [6, 6.07) is 0. The van der Waals surface area contributed by atoms with Crippen LogP contribution in [-0.2, 0) is 27.4 Å². The Morgan fingerprint density at radius 1 is 1.53 bits per heavy atom. The van der Waals surface area contributed by atoms with Crippen LogP contribution in [0.25, 0.3) is 0 Å². The maximum Gasteiger partial charge on any atom is 0.307 e. The molecule has 0 fully saturated rings. The van der Waals surface area contributed by atoms with Gasteiger partial charge in [-0.3, -0.25) is 4.79 Å². The molecule has 96 valence electrons. The lowest BCUT2D eigenvalue weighted by Gasteiger charge is -2.01. The van der Waals surface area contributed by atoms with Crippen molar-refractivity contribution in [3.05, 3.63) is 18.2 Å². The number of hydrogen-bond acceptors (Lipinski definition) is 5. The number of rotatable bonds is 8. The largest absolute Gasteiger partial charge is 0.469 e. The monoisotopic (exact) mass is 241 g/mol. The van der Waals surface area contributed by atoms with Crippen LogP contribution in [0, 0.1) is 0 Å². The molecule has 6 heteroatoms. The van der Waals surface area contributed by atoms with Crippen LogP contribution in [-0.4, -0.2) is 42.9 Å². The molecule has 6 nitrogen and oxygen atoms in total. The van der Waals surface area contributed by atoms with Gasteiger partial charge < -0.3 is 19.4 Å². The maximum absolute atomic E-state index is 11.0. The van der Waals surface area contributed by atoms with Crippen molar-refractivity contribution in [2.24, 2.45) is 0 Å². The van der Waals surface area contributed by atoms with E-state index in [4.69, 9.17) is 4.74 Å². The summed E-state index contributed by atoms with van der Waals surface area (Å²) >= 11 is 0. The number of hydrogen-bond donors (Lipinski definition) is 1. The average Bonchev–Trinajstić information content (AvgIpc) is 2.79. The Labute approximate surface area is 101 Å². The van der Waals surface area contributed by atoms with Crippen LogP contribution in [0.15, 0.2) is 12.5 Å². The topological polar surface area (TPSA) is 65.4 Å². The highest BCUT2D eigenvalue weighted by Crippen LogP contribution is 1.98. The summed E-state index contributed by atoms with van der Waals surface area (Å²) in [5, 5.41) is 3.20. The molecule has 0 atom stereocenters. The zero-order valence-electron chi connectivity index (χ0n) is 10.3. The number of ether oxygens (including phenoxy) is 2. The molecule has 1 aromatic heterocycles. The van der Waals surface area contributed by atoms with Gasteiger partial charge in [0, 0.05) is 32.9 Å². The molecule has 0 saturated heterocycles. The minimum absolute atomic E-state index is 0.210. The van der Waals surface area contributed by atoms with E-state index in [2.05, 4.69) is 15.0 Å². The van der Waals surface area contributed by atoms with Gasteiger partial charge in [-0.25, -0.2) is 4.98 Å². The van der Waals surface area contributed by atoms with Crippen molar-refractivity contribution in [3.63, 3.8) is 0 Å². The van der Waals surface area contributed by atoms with Crippen molar-refractivity contribution in [1.82, 2.24) is 14.9 Å². The Morgan fingerprint density at radius 3 is 3.06 bits per heavy atom. The molecule has 17 heavy (non-hydrogen) atoms. The molecule has 1 aromatic rings. The number of imidazole rings is 1. The van der Waals surface area contributed by atoms with Gasteiger partial charge >= 0.3 is 5.97 Å². The SMILES string of the molecule is COCCNCc1cn(CCC(=O)OC)cn1. The molecule has 0 aliphatic carbocycles. The summed E-state index contributed by atoms with van der Waals surface area (Å²) in [7, 11) is 3.06. The van der Waals surface area contributed by atoms with Crippen molar-refractivity contribution >= 4 is 5.97 Å². The third-order valence-corrected chi connectivity index (χ3v) is 2.28. The fraction of sp³-hybridized carbons (Fsp3) is 0.636. The van der Waals surface area contributed by atoms with Crippen LogP contribution in [0.4, 0.5) is 0 Å². The first-order valence-electron chi connectivity index (χ1n) is 5.53. The Balaban J connectivity index is 2.25. The predicted molar refractivity (Wildman–Crippen MR) is 62.4 cm³/mol. The van der Waals surface area contributed by atoms with Crippen LogP contribution in [0.5, 0.6) is 0 Å². The van der Waals surface area contributed by atoms with Gasteiger partial charge in [-0.1, -0.05) is 0 Å². The molecular weight excluding hydrogens is 222 g/mol. The molecule has 0 unspecified atom stereocenters. The number of esters is 1. The molecule has 0 radical (unpaired) electrons. The van der Waals surface area contributed by atoms with Gasteiger partial charge in [0.15, 0.2) is 0 Å². The summed E-state index contributed by atoms with van der Waals surface area (Å²) in [6.07, 6.45) is 4.00. The standard InChI is InChI=1S/C11H19N3O3/c1-16-6-4-12-7-10-8-14(9-13-10)5-3-11(15)17-2/h8-9,12H,3-7H2,1-2H3. The van der Waals surface area contributed by atoms with Crippen LogP contribution in [0.2, 0.25) is 0 Å². The molecule has 0 amide bonds. The number of carbonyl (C=O) groups excluding carboxylic acids is 1. The third kappa shape index (κ3) is 5.46. The molecule has 0 aliphatic rings. The molecule has 0 aliphatic heterocycles. The Bertz CT molecular complexity index is 338. The van der Waals surface area contributed by atoms with Gasteiger partial charge in [0.25, 0.3) is 0 Å². The maximum atomic E-state index is 11.0. The molecular formula is C11H19N3O3. The molecule has 1 rings (SSSR count). The number of nitrogens with one attached hydrogen (secondary N) is 1. The Kier molecular flexibility index (Phi) is 6.27. The van der Waals surface area contributed by atoms with E-state index >= 15 is 0 Å². The fourth-order valence-corrected chi connectivity index (χ4v) is 1.33. The Hall–Kier alpha value is -1.40. The van der Waals surface area contributed by atoms with Crippen molar-refractivity contribution < 1.29 is 14.3 Å². The lowest BCUT2D eigenvalue weighted by Crippen LogP contribution is -2.18. The summed E-state index contributed by atoms with van der Waals surface area (Å²) in [4.78, 5) is 15.2. The van der Waals surface area contributed by atoms with Gasteiger partial charge in [-0.2, -0.15) is 0 Å². The van der Waals surface area contributed by atoms with Crippen molar-refractivity contribution in [3.8, 4) is 0 Å². The van der Waals surface area contributed by atoms with Gasteiger partial charge in [-0.05, 0) is 0 Å². The number of nitrogens with zero attached hydrogens (tertiary/aromatic N) is 2. The highest BCUT2D eigenvalue weighted by Gasteiger charge is 2.02. The highest BCUT2D eigenvalue weighted by molar-refractivity contribution is 5.68. The summed E-state index contributed by atoms with van der Waals surface area (Å²) in [5.74, 6) is -0.210. The zero-order chi connectivity index (χ0) is 12.5. The lowest BCUT2D eigenvalue weighted by molar-refractivity contribution is -0.140. The normalized spacial score (nSPS) is 10.5. The second kappa shape index (κ2) is 7.81. The van der Waals surface area contributed by atoms with Crippen molar-refractivity contribution in [2.45, 2.75) is 19.5 Å². The van der Waals surface area contributed by atoms with E-state index in [1.807, 2.05) is 10.8 Å². The van der Waals surface area contributed by atoms with E-state index in [0.717, 1.165) is 12.2 Å². The number of carbonyl (C=O) groups is 1. The summed E-state index contributed by atoms with van der Waals surface area (Å²) in [5.41, 5.74) is 0.950. The fourth-order valence-electron chi connectivity index (χ4n) is 1.33. The molecule has 0 saturated carbocycles. The van der Waals surface area contributed by atoms with Gasteiger partial charge in [0.2, 0.25) is 0 Å². The zero-order valence-corrected chi connectivity index (χ0v) is 10.3. The molecule has 1 N–H and O–H groups in total. The van der Waals surface area contributed by atoms with E-state index in [9.17, 15) is 4.79 Å². The average molecular weight is 241 g/mol. The van der Waals surface area contributed by atoms with Gasteiger partial charge in [0.05, 0.1) is 32.2 Å². The number of methoxy groups -OCH3 is 2. The smallest absolute Gasteiger partial charge is 0.307 e. The van der Waals surface area contributed by atoms with Crippen molar-refractivity contribution in [2.75, 3.05) is 27.4 Å². The first-order valence-corrected chi connectivity index (χ1v) is 5.53. The molecule has 0 spiro atoms. The van der Waals surface area contributed by atoms with E-state index in [0.29, 0.717) is 26.1 Å². The minimum Gasteiger partial charge on any atom is -0.469 e. The minimum atomic E-state index is -0.210. The highest BCUT2D eigenvalue weighted by atomic mass is 16.5. The quantitative estimate of drug-likeness (QED) is 0.519. The second-order valence-corrected chi connectivity index (χ2v) is 3.60. The van der Waals surface area contributed by atoms with Gasteiger partial charge in [-0.15, -0.1) is 0 Å². The van der Waals surface area contributed by atoms with E-state index in [1.54, 1.807) is 13.4 Å². The second-order valence-electron chi connectivity index (χ2n) is 3.60. The van der Waals surface area contributed by atoms with E-state index in [1.165, 1.54) is 7.11 Å². The predicted octanol–water partition coefficient (Wildman–Crippen LogP) is 0.182. The molecule has 0 aromatic carbocycles. The van der Waals surface area contributed by atoms with Crippen LogP contribution >= 0.6 is 0 Å². The van der Waals surface area contributed by atoms with Crippen LogP contribution in [0.1, 0.15) is 12.1 Å². The van der Waals surface area contributed by atoms with Crippen LogP contribution < -0.4 is 5.32 Å². The van der Waals surface area contributed by atoms with Crippen LogP contribution in [0.3, 0.4) is 0 Å². The Morgan fingerprint density at radius 2 is 2.35 bits per heavy atom. The molecule has 1 heterocycles. The van der Waals surface area contributed by atoms with Gasteiger partial charge in [0.1, 0.15) is 0 Å². The number of aryl methyl sites for hydroxylation is 1.